The van der Waals surface area contributed by atoms with E-state index in [2.05, 4.69) is 148 Å². The standard InChI is InChI=1S/C40H37N4O.Pt/c1-26-15-16-27(2)37(21-26)43-25-42(28(3)29(43)4)31-11-10-12-32(23-31)45-33-17-18-35-34-13-8-9-14-36(34)44(38(35)24-33)39-22-30(19-20-41-39)40(5,6)7;/h8-22,25H,1-7H3;/q-3;. The number of fused-ring (bicyclic) bond motifs is 3. The fraction of sp³-hybridized carbons (Fsp3) is 0.200. The summed E-state index contributed by atoms with van der Waals surface area (Å²) < 4.78 is 8.63. The molecule has 0 unspecified atom stereocenters. The van der Waals surface area contributed by atoms with Crippen molar-refractivity contribution in [3.63, 3.8) is 0 Å². The first-order chi connectivity index (χ1) is 21.6. The van der Waals surface area contributed by atoms with Gasteiger partial charge in [-0.1, -0.05) is 56.6 Å². The van der Waals surface area contributed by atoms with Gasteiger partial charge in [0.25, 0.3) is 0 Å². The first-order valence-corrected chi connectivity index (χ1v) is 15.4. The van der Waals surface area contributed by atoms with E-state index in [9.17, 15) is 0 Å². The van der Waals surface area contributed by atoms with E-state index in [1.807, 2.05) is 24.4 Å². The van der Waals surface area contributed by atoms with Crippen LogP contribution in [-0.4, -0.2) is 9.55 Å². The summed E-state index contributed by atoms with van der Waals surface area (Å²) in [5.74, 6) is 2.12. The van der Waals surface area contributed by atoms with Gasteiger partial charge in [-0.25, -0.2) is 4.98 Å². The van der Waals surface area contributed by atoms with Gasteiger partial charge in [-0.2, -0.15) is 12.1 Å². The van der Waals surface area contributed by atoms with Crippen molar-refractivity contribution < 1.29 is 25.8 Å². The third-order valence-corrected chi connectivity index (χ3v) is 8.73. The van der Waals surface area contributed by atoms with Gasteiger partial charge in [0.15, 0.2) is 0 Å². The molecular formula is C40H37N4OPt-3. The van der Waals surface area contributed by atoms with Crippen molar-refractivity contribution in [2.45, 2.75) is 53.9 Å². The first kappa shape index (κ1) is 31.6. The second kappa shape index (κ2) is 12.1. The molecule has 46 heavy (non-hydrogen) atoms. The van der Waals surface area contributed by atoms with Crippen LogP contribution >= 0.6 is 0 Å². The quantitative estimate of drug-likeness (QED) is 0.163. The van der Waals surface area contributed by atoms with Gasteiger partial charge in [0, 0.05) is 61.4 Å². The van der Waals surface area contributed by atoms with Crippen molar-refractivity contribution in [2.24, 2.45) is 0 Å². The van der Waals surface area contributed by atoms with E-state index in [4.69, 9.17) is 9.72 Å². The van der Waals surface area contributed by atoms with Crippen molar-refractivity contribution in [1.82, 2.24) is 9.55 Å². The number of hydrogen-bond donors (Lipinski definition) is 0. The Hall–Kier alpha value is -4.34. The number of ether oxygens (including phenoxy) is 1. The normalized spacial score (nSPS) is 13.5. The molecule has 1 aliphatic heterocycles. The number of benzene rings is 4. The predicted molar refractivity (Wildman–Crippen MR) is 185 cm³/mol. The minimum Gasteiger partial charge on any atom is -0.509 e. The average Bonchev–Trinajstić information content (AvgIpc) is 3.51. The molecule has 2 aromatic heterocycles. The average molecular weight is 785 g/mol. The molecule has 5 nitrogen and oxygen atoms in total. The van der Waals surface area contributed by atoms with Crippen molar-refractivity contribution >= 4 is 33.2 Å². The molecule has 1 aliphatic rings. The van der Waals surface area contributed by atoms with Gasteiger partial charge >= 0.3 is 0 Å². The number of pyridine rings is 1. The summed E-state index contributed by atoms with van der Waals surface area (Å²) in [6.07, 6.45) is 1.90. The first-order valence-electron chi connectivity index (χ1n) is 15.4. The van der Waals surface area contributed by atoms with Gasteiger partial charge in [0.1, 0.15) is 5.82 Å². The fourth-order valence-corrected chi connectivity index (χ4v) is 6.04. The molecule has 0 aliphatic carbocycles. The minimum atomic E-state index is 0. The van der Waals surface area contributed by atoms with Gasteiger partial charge in [0.05, 0.1) is 0 Å². The molecule has 0 atom stereocenters. The molecule has 236 valence electrons. The molecule has 4 aromatic carbocycles. The van der Waals surface area contributed by atoms with Crippen molar-refractivity contribution in [1.29, 1.82) is 0 Å². The number of hydrogen-bond acceptors (Lipinski definition) is 4. The minimum absolute atomic E-state index is 0. The number of rotatable bonds is 5. The van der Waals surface area contributed by atoms with Crippen LogP contribution in [0.15, 0.2) is 103 Å². The third-order valence-electron chi connectivity index (χ3n) is 8.73. The molecule has 0 spiro atoms. The summed E-state index contributed by atoms with van der Waals surface area (Å²) in [5, 5.41) is 2.26. The topological polar surface area (TPSA) is 33.5 Å². The molecule has 0 bridgehead atoms. The van der Waals surface area contributed by atoms with E-state index >= 15 is 0 Å². The Morgan fingerprint density at radius 1 is 0.739 bits per heavy atom. The van der Waals surface area contributed by atoms with Gasteiger partial charge in [-0.15, -0.1) is 48.1 Å². The Kier molecular flexibility index (Phi) is 8.33. The second-order valence-electron chi connectivity index (χ2n) is 12.9. The Morgan fingerprint density at radius 2 is 1.50 bits per heavy atom. The van der Waals surface area contributed by atoms with Crippen LogP contribution in [0.3, 0.4) is 0 Å². The van der Waals surface area contributed by atoms with Crippen molar-refractivity contribution in [2.75, 3.05) is 9.80 Å². The molecule has 6 aromatic rings. The van der Waals surface area contributed by atoms with E-state index in [-0.39, 0.29) is 26.5 Å². The zero-order valence-electron chi connectivity index (χ0n) is 27.3. The zero-order valence-corrected chi connectivity index (χ0v) is 29.5. The largest absolute Gasteiger partial charge is 0.509 e. The number of aryl methyl sites for hydroxylation is 2. The summed E-state index contributed by atoms with van der Waals surface area (Å²) in [6, 6.07) is 36.4. The second-order valence-corrected chi connectivity index (χ2v) is 12.9. The molecule has 0 N–H and O–H groups in total. The van der Waals surface area contributed by atoms with Crippen molar-refractivity contribution in [3.8, 4) is 17.3 Å². The monoisotopic (exact) mass is 784 g/mol. The molecule has 0 fully saturated rings. The third kappa shape index (κ3) is 5.62. The van der Waals surface area contributed by atoms with Crippen LogP contribution in [0.2, 0.25) is 0 Å². The molecule has 7 rings (SSSR count). The molecule has 0 radical (unpaired) electrons. The number of anilines is 2. The molecule has 0 saturated heterocycles. The molecule has 0 saturated carbocycles. The van der Waals surface area contributed by atoms with Crippen molar-refractivity contribution in [3.05, 3.63) is 138 Å². The van der Waals surface area contributed by atoms with Crippen LogP contribution in [0.5, 0.6) is 11.5 Å². The maximum atomic E-state index is 6.44. The van der Waals surface area contributed by atoms with Crippen LogP contribution in [-0.2, 0) is 26.5 Å². The van der Waals surface area contributed by atoms with Crippen LogP contribution in [0.25, 0.3) is 27.6 Å². The predicted octanol–water partition coefficient (Wildman–Crippen LogP) is 10.2. The molecule has 6 heteroatoms. The number of nitrogens with zero attached hydrogens (tertiary/aromatic N) is 4. The smallest absolute Gasteiger partial charge is 0.135 e. The Labute approximate surface area is 286 Å². The van der Waals surface area contributed by atoms with Crippen LogP contribution in [0.4, 0.5) is 11.4 Å². The van der Waals surface area contributed by atoms with E-state index in [1.165, 1.54) is 28.1 Å². The number of aromatic nitrogens is 2. The number of para-hydroxylation sites is 1. The van der Waals surface area contributed by atoms with Crippen LogP contribution in [0, 0.1) is 32.6 Å². The van der Waals surface area contributed by atoms with E-state index in [0.29, 0.717) is 11.5 Å². The van der Waals surface area contributed by atoms with Gasteiger partial charge in [0.2, 0.25) is 0 Å². The summed E-state index contributed by atoms with van der Waals surface area (Å²) in [6.45, 7) is 17.4. The zero-order chi connectivity index (χ0) is 31.5. The Bertz CT molecular complexity index is 2120. The summed E-state index contributed by atoms with van der Waals surface area (Å²) >= 11 is 0. The van der Waals surface area contributed by atoms with E-state index < -0.39 is 0 Å². The van der Waals surface area contributed by atoms with Crippen LogP contribution < -0.4 is 14.5 Å². The summed E-state index contributed by atoms with van der Waals surface area (Å²) in [4.78, 5) is 9.22. The SMILES string of the molecule is CC1=C(C)N(c2cc(C)ccc2C)[CH-]N1c1[c-]c(Oc2[c-]c3c(cc2)c2ccccc2n3-c2cc(C(C)(C)C)ccn2)ccc1.[Pt]. The van der Waals surface area contributed by atoms with E-state index in [0.717, 1.165) is 39.0 Å². The van der Waals surface area contributed by atoms with Gasteiger partial charge in [-0.3, -0.25) is 0 Å². The maximum absolute atomic E-state index is 6.44. The maximum Gasteiger partial charge on any atom is 0.135 e. The Morgan fingerprint density at radius 3 is 2.30 bits per heavy atom. The fourth-order valence-electron chi connectivity index (χ4n) is 6.04. The van der Waals surface area contributed by atoms with Gasteiger partial charge < -0.3 is 19.1 Å². The summed E-state index contributed by atoms with van der Waals surface area (Å²) in [5.41, 5.74) is 10.1. The molecule has 3 heterocycles. The van der Waals surface area contributed by atoms with E-state index in [1.54, 1.807) is 0 Å². The Balaban J connectivity index is 0.00000372. The summed E-state index contributed by atoms with van der Waals surface area (Å²) in [7, 11) is 0. The van der Waals surface area contributed by atoms with Crippen LogP contribution in [0.1, 0.15) is 51.3 Å². The number of allylic oxidation sites excluding steroid dienone is 2. The molecule has 0 amide bonds. The molecular weight excluding hydrogens is 748 g/mol. The van der Waals surface area contributed by atoms with Gasteiger partial charge in [-0.05, 0) is 79.5 Å².